The lowest BCUT2D eigenvalue weighted by Crippen LogP contribution is -2.12. The number of nitrogens with one attached hydrogen (secondary N) is 1. The van der Waals surface area contributed by atoms with E-state index in [-0.39, 0.29) is 0 Å². The number of hydrogen-bond donors (Lipinski definition) is 1. The molecule has 0 radical (unpaired) electrons. The first-order valence-electron chi connectivity index (χ1n) is 5.48. The molecule has 2 rings (SSSR count). The molecular weight excluding hydrogens is 216 g/mol. The van der Waals surface area contributed by atoms with Crippen molar-refractivity contribution in [1.82, 2.24) is 20.1 Å². The van der Waals surface area contributed by atoms with Gasteiger partial charge in [-0.15, -0.1) is 0 Å². The molecule has 5 heteroatoms. The molecule has 2 aromatic rings. The first-order valence-corrected chi connectivity index (χ1v) is 5.48. The van der Waals surface area contributed by atoms with Crippen molar-refractivity contribution in [3.05, 3.63) is 41.9 Å². The minimum absolute atomic E-state index is 0.619. The molecule has 1 N–H and O–H groups in total. The number of aryl methyl sites for hydroxylation is 2. The van der Waals surface area contributed by atoms with E-state index in [0.717, 1.165) is 29.5 Å². The smallest absolute Gasteiger partial charge is 0.208 e. The first kappa shape index (κ1) is 11.6. The zero-order valence-electron chi connectivity index (χ0n) is 10.1. The van der Waals surface area contributed by atoms with E-state index in [1.807, 2.05) is 20.0 Å². The van der Waals surface area contributed by atoms with Crippen LogP contribution in [0.1, 0.15) is 22.9 Å². The summed E-state index contributed by atoms with van der Waals surface area (Å²) < 4.78 is 7.15. The minimum Gasteiger partial charge on any atom is -0.444 e. The number of rotatable bonds is 5. The third-order valence-electron chi connectivity index (χ3n) is 2.52. The van der Waals surface area contributed by atoms with Gasteiger partial charge in [0.2, 0.25) is 5.89 Å². The van der Waals surface area contributed by atoms with Crippen LogP contribution in [-0.2, 0) is 13.1 Å². The quantitative estimate of drug-likeness (QED) is 0.855. The second-order valence-electron chi connectivity index (χ2n) is 3.86. The van der Waals surface area contributed by atoms with Gasteiger partial charge >= 0.3 is 0 Å². The summed E-state index contributed by atoms with van der Waals surface area (Å²) >= 11 is 0. The summed E-state index contributed by atoms with van der Waals surface area (Å²) in [6.45, 7) is 8.85. The van der Waals surface area contributed by atoms with Crippen LogP contribution in [0.4, 0.5) is 0 Å². The Hall–Kier alpha value is -1.88. The van der Waals surface area contributed by atoms with E-state index in [2.05, 4.69) is 22.0 Å². The molecule has 90 valence electrons. The Morgan fingerprint density at radius 1 is 1.47 bits per heavy atom. The maximum absolute atomic E-state index is 5.47. The molecule has 0 aliphatic carbocycles. The molecule has 17 heavy (non-hydrogen) atoms. The molecule has 0 fully saturated rings. The Labute approximate surface area is 100 Å². The average molecular weight is 232 g/mol. The molecule has 0 atom stereocenters. The van der Waals surface area contributed by atoms with Crippen LogP contribution in [0, 0.1) is 13.8 Å². The van der Waals surface area contributed by atoms with E-state index in [1.54, 1.807) is 17.1 Å². The zero-order chi connectivity index (χ0) is 12.3. The Bertz CT molecular complexity index is 493. The van der Waals surface area contributed by atoms with E-state index in [0.29, 0.717) is 6.54 Å². The van der Waals surface area contributed by atoms with Crippen molar-refractivity contribution >= 4 is 6.20 Å². The first-order chi connectivity index (χ1) is 8.19. The third kappa shape index (κ3) is 2.82. The largest absolute Gasteiger partial charge is 0.444 e. The summed E-state index contributed by atoms with van der Waals surface area (Å²) in [5, 5.41) is 7.35. The topological polar surface area (TPSA) is 55.9 Å². The molecule has 0 aliphatic heterocycles. The number of aromatic nitrogens is 3. The van der Waals surface area contributed by atoms with Crippen LogP contribution in [0.3, 0.4) is 0 Å². The van der Waals surface area contributed by atoms with Gasteiger partial charge in [0, 0.05) is 24.5 Å². The van der Waals surface area contributed by atoms with Gasteiger partial charge < -0.3 is 9.73 Å². The summed E-state index contributed by atoms with van der Waals surface area (Å²) in [7, 11) is 0. The van der Waals surface area contributed by atoms with Crippen LogP contribution in [0.5, 0.6) is 0 Å². The number of hydrogen-bond acceptors (Lipinski definition) is 4. The fraction of sp³-hybridized carbons (Fsp3) is 0.333. The number of oxazole rings is 1. The summed E-state index contributed by atoms with van der Waals surface area (Å²) in [4.78, 5) is 4.30. The second-order valence-corrected chi connectivity index (χ2v) is 3.86. The van der Waals surface area contributed by atoms with Crippen LogP contribution in [0.15, 0.2) is 23.4 Å². The number of nitrogens with zero attached hydrogens (tertiary/aromatic N) is 3. The highest BCUT2D eigenvalue weighted by molar-refractivity contribution is 5.17. The predicted molar refractivity (Wildman–Crippen MR) is 65.1 cm³/mol. The molecular formula is C12H16N4O. The zero-order valence-corrected chi connectivity index (χ0v) is 10.1. The van der Waals surface area contributed by atoms with Gasteiger partial charge in [0.1, 0.15) is 5.76 Å². The molecule has 0 saturated heterocycles. The van der Waals surface area contributed by atoms with E-state index >= 15 is 0 Å². The van der Waals surface area contributed by atoms with Gasteiger partial charge in [-0.2, -0.15) is 5.10 Å². The van der Waals surface area contributed by atoms with Gasteiger partial charge in [0.05, 0.1) is 18.4 Å². The molecule has 0 aliphatic rings. The Morgan fingerprint density at radius 2 is 2.29 bits per heavy atom. The summed E-state index contributed by atoms with van der Waals surface area (Å²) in [6, 6.07) is 0. The fourth-order valence-electron chi connectivity index (χ4n) is 1.50. The van der Waals surface area contributed by atoms with Crippen molar-refractivity contribution in [3.63, 3.8) is 0 Å². The molecule has 0 amide bonds. The van der Waals surface area contributed by atoms with Crippen molar-refractivity contribution < 1.29 is 4.42 Å². The minimum atomic E-state index is 0.619. The van der Waals surface area contributed by atoms with Crippen molar-refractivity contribution in [2.24, 2.45) is 0 Å². The molecule has 0 unspecified atom stereocenters. The monoisotopic (exact) mass is 232 g/mol. The lowest BCUT2D eigenvalue weighted by molar-refractivity contribution is 0.448. The van der Waals surface area contributed by atoms with Gasteiger partial charge in [-0.05, 0) is 13.8 Å². The Morgan fingerprint density at radius 3 is 2.88 bits per heavy atom. The molecule has 0 spiro atoms. The highest BCUT2D eigenvalue weighted by Crippen LogP contribution is 2.08. The predicted octanol–water partition coefficient (Wildman–Crippen LogP) is 1.88. The van der Waals surface area contributed by atoms with Gasteiger partial charge in [-0.1, -0.05) is 6.58 Å². The van der Waals surface area contributed by atoms with Crippen LogP contribution in [-0.4, -0.2) is 14.8 Å². The van der Waals surface area contributed by atoms with E-state index in [4.69, 9.17) is 4.42 Å². The van der Waals surface area contributed by atoms with Crippen molar-refractivity contribution in [3.8, 4) is 0 Å². The second kappa shape index (κ2) is 4.97. The summed E-state index contributed by atoms with van der Waals surface area (Å²) in [5.41, 5.74) is 2.05. The maximum atomic E-state index is 5.47. The normalized spacial score (nSPS) is 10.7. The summed E-state index contributed by atoms with van der Waals surface area (Å²) in [6.07, 6.45) is 5.39. The van der Waals surface area contributed by atoms with Gasteiger partial charge in [0.25, 0.3) is 0 Å². The highest BCUT2D eigenvalue weighted by Gasteiger charge is 2.04. The molecule has 5 nitrogen and oxygen atoms in total. The van der Waals surface area contributed by atoms with E-state index < -0.39 is 0 Å². The Balaban J connectivity index is 1.85. The lowest BCUT2D eigenvalue weighted by Gasteiger charge is -1.98. The van der Waals surface area contributed by atoms with Crippen molar-refractivity contribution in [2.45, 2.75) is 26.9 Å². The van der Waals surface area contributed by atoms with E-state index in [1.165, 1.54) is 0 Å². The third-order valence-corrected chi connectivity index (χ3v) is 2.52. The Kier molecular flexibility index (Phi) is 3.39. The molecule has 0 saturated carbocycles. The molecule has 2 aromatic heterocycles. The summed E-state index contributed by atoms with van der Waals surface area (Å²) in [5.74, 6) is 1.59. The fourth-order valence-corrected chi connectivity index (χ4v) is 1.50. The van der Waals surface area contributed by atoms with E-state index in [9.17, 15) is 0 Å². The standard InChI is InChI=1S/C12H16N4O/c1-4-16-8-11(6-14-16)5-13-7-12-15-9(2)10(3)17-12/h4,6,8,13H,1,5,7H2,2-3H3. The van der Waals surface area contributed by atoms with Crippen molar-refractivity contribution in [1.29, 1.82) is 0 Å². The van der Waals surface area contributed by atoms with Gasteiger partial charge in [-0.25, -0.2) is 9.67 Å². The average Bonchev–Trinajstić information content (AvgIpc) is 2.87. The van der Waals surface area contributed by atoms with Crippen LogP contribution >= 0.6 is 0 Å². The molecule has 0 bridgehead atoms. The highest BCUT2D eigenvalue weighted by atomic mass is 16.4. The SMILES string of the molecule is C=Cn1cc(CNCc2nc(C)c(C)o2)cn1. The van der Waals surface area contributed by atoms with Crippen LogP contribution in [0.25, 0.3) is 6.20 Å². The van der Waals surface area contributed by atoms with Gasteiger partial charge in [0.15, 0.2) is 0 Å². The van der Waals surface area contributed by atoms with Crippen molar-refractivity contribution in [2.75, 3.05) is 0 Å². The van der Waals surface area contributed by atoms with Crippen LogP contribution < -0.4 is 5.32 Å². The maximum Gasteiger partial charge on any atom is 0.208 e. The molecule has 2 heterocycles. The lowest BCUT2D eigenvalue weighted by atomic mass is 10.3. The molecule has 0 aromatic carbocycles. The van der Waals surface area contributed by atoms with Gasteiger partial charge in [-0.3, -0.25) is 0 Å². The van der Waals surface area contributed by atoms with Crippen LogP contribution in [0.2, 0.25) is 0 Å².